The van der Waals surface area contributed by atoms with Crippen LogP contribution >= 0.6 is 0 Å². The maximum absolute atomic E-state index is 5.83. The van der Waals surface area contributed by atoms with Gasteiger partial charge in [0.1, 0.15) is 5.76 Å². The van der Waals surface area contributed by atoms with Crippen LogP contribution in [0, 0.1) is 19.8 Å². The summed E-state index contributed by atoms with van der Waals surface area (Å²) in [6.45, 7) is 8.84. The van der Waals surface area contributed by atoms with Crippen LogP contribution in [0.2, 0.25) is 0 Å². The largest absolute Gasteiger partial charge is 0.459 e. The minimum absolute atomic E-state index is 0.444. The maximum Gasteiger partial charge on any atom is 0.283 e. The van der Waals surface area contributed by atoms with Crippen LogP contribution in [0.25, 0.3) is 11.7 Å². The van der Waals surface area contributed by atoms with E-state index in [2.05, 4.69) is 25.2 Å². The Morgan fingerprint density at radius 2 is 2.04 bits per heavy atom. The number of fused-ring (bicyclic) bond motifs is 4. The Morgan fingerprint density at radius 1 is 1.11 bits per heavy atom. The van der Waals surface area contributed by atoms with Crippen molar-refractivity contribution in [3.05, 3.63) is 41.3 Å². The van der Waals surface area contributed by atoms with Gasteiger partial charge in [-0.05, 0) is 44.7 Å². The van der Waals surface area contributed by atoms with Crippen molar-refractivity contribution in [1.29, 1.82) is 0 Å². The van der Waals surface area contributed by atoms with Gasteiger partial charge in [0.25, 0.3) is 5.89 Å². The molecule has 3 fully saturated rings. The van der Waals surface area contributed by atoms with Crippen molar-refractivity contribution in [1.82, 2.24) is 25.2 Å². The fraction of sp³-hybridized carbons (Fsp3) is 0.550. The smallest absolute Gasteiger partial charge is 0.283 e. The molecule has 6 heterocycles. The van der Waals surface area contributed by atoms with Gasteiger partial charge in [0.15, 0.2) is 5.76 Å². The average Bonchev–Trinajstić information content (AvgIpc) is 3.37. The molecular weight excluding hydrogens is 358 g/mol. The van der Waals surface area contributed by atoms with Crippen LogP contribution in [0.3, 0.4) is 0 Å². The molecule has 2 bridgehead atoms. The molecule has 0 saturated carbocycles. The van der Waals surface area contributed by atoms with Gasteiger partial charge in [0.05, 0.1) is 18.5 Å². The number of hydrogen-bond donors (Lipinski definition) is 0. The van der Waals surface area contributed by atoms with E-state index < -0.39 is 0 Å². The number of piperidine rings is 1. The zero-order chi connectivity index (χ0) is 19.1. The highest BCUT2D eigenvalue weighted by molar-refractivity contribution is 5.42. The van der Waals surface area contributed by atoms with Gasteiger partial charge in [-0.2, -0.15) is 0 Å². The predicted molar refractivity (Wildman–Crippen MR) is 100 cm³/mol. The van der Waals surface area contributed by atoms with E-state index in [1.807, 2.05) is 26.0 Å². The Kier molecular flexibility index (Phi) is 4.52. The average molecular weight is 383 g/mol. The van der Waals surface area contributed by atoms with Gasteiger partial charge < -0.3 is 13.4 Å². The first kappa shape index (κ1) is 17.6. The van der Waals surface area contributed by atoms with Gasteiger partial charge in [-0.15, -0.1) is 10.2 Å². The standard InChI is InChI=1S/C20H25N5O3/c1-13-17(14(2)28-23-13)11-24-8-15-5-6-16(10-24)25(9-15)12-19-21-22-20(27-19)18-4-3-7-26-18/h3-4,7,15-16H,5-6,8-12H2,1-2H3. The number of nitrogens with zero attached hydrogens (tertiary/aromatic N) is 5. The molecule has 8 nitrogen and oxygen atoms in total. The van der Waals surface area contributed by atoms with Crippen LogP contribution < -0.4 is 0 Å². The summed E-state index contributed by atoms with van der Waals surface area (Å²) < 4.78 is 16.5. The van der Waals surface area contributed by atoms with Gasteiger partial charge in [-0.3, -0.25) is 9.80 Å². The summed E-state index contributed by atoms with van der Waals surface area (Å²) in [5.74, 6) is 3.30. The van der Waals surface area contributed by atoms with E-state index in [-0.39, 0.29) is 0 Å². The number of rotatable bonds is 5. The normalized spacial score (nSPS) is 23.4. The van der Waals surface area contributed by atoms with E-state index in [1.165, 1.54) is 18.4 Å². The Balaban J connectivity index is 1.28. The number of hydrogen-bond acceptors (Lipinski definition) is 8. The zero-order valence-electron chi connectivity index (χ0n) is 16.3. The number of furan rings is 1. The lowest BCUT2D eigenvalue weighted by Crippen LogP contribution is -2.43. The molecule has 0 aromatic carbocycles. The molecule has 0 amide bonds. The fourth-order valence-electron chi connectivity index (χ4n) is 4.54. The van der Waals surface area contributed by atoms with Crippen molar-refractivity contribution in [2.75, 3.05) is 19.6 Å². The van der Waals surface area contributed by atoms with Crippen molar-refractivity contribution in [2.24, 2.45) is 5.92 Å². The second-order valence-electron chi connectivity index (χ2n) is 8.00. The second-order valence-corrected chi connectivity index (χ2v) is 8.00. The van der Waals surface area contributed by atoms with Gasteiger partial charge in [0.2, 0.25) is 5.89 Å². The van der Waals surface area contributed by atoms with Crippen LogP contribution in [0.5, 0.6) is 0 Å². The Bertz CT molecular complexity index is 912. The molecule has 8 heteroatoms. The molecule has 3 aromatic heterocycles. The third kappa shape index (κ3) is 3.38. The highest BCUT2D eigenvalue weighted by Gasteiger charge is 2.36. The van der Waals surface area contributed by atoms with E-state index in [0.717, 1.165) is 37.6 Å². The van der Waals surface area contributed by atoms with Crippen LogP contribution in [-0.4, -0.2) is 50.8 Å². The minimum atomic E-state index is 0.444. The van der Waals surface area contributed by atoms with Crippen LogP contribution in [0.15, 0.2) is 31.8 Å². The molecule has 3 aliphatic rings. The highest BCUT2D eigenvalue weighted by Crippen LogP contribution is 2.31. The summed E-state index contributed by atoms with van der Waals surface area (Å²) in [5.41, 5.74) is 2.23. The third-order valence-electron chi connectivity index (χ3n) is 6.00. The summed E-state index contributed by atoms with van der Waals surface area (Å²) in [6.07, 6.45) is 4.10. The van der Waals surface area contributed by atoms with Crippen molar-refractivity contribution >= 4 is 0 Å². The first-order valence-corrected chi connectivity index (χ1v) is 9.90. The number of aromatic nitrogens is 3. The minimum Gasteiger partial charge on any atom is -0.459 e. The van der Waals surface area contributed by atoms with Gasteiger partial charge >= 0.3 is 0 Å². The van der Waals surface area contributed by atoms with Gasteiger partial charge in [-0.25, -0.2) is 0 Å². The molecule has 6 rings (SSSR count). The molecular formula is C20H25N5O3. The van der Waals surface area contributed by atoms with Crippen LogP contribution in [0.1, 0.15) is 35.7 Å². The SMILES string of the molecule is Cc1noc(C)c1CN1CC2CCC(C1)N(Cc1nnc(-c3ccco3)o1)C2. The van der Waals surface area contributed by atoms with E-state index in [4.69, 9.17) is 13.4 Å². The molecule has 0 radical (unpaired) electrons. The Morgan fingerprint density at radius 3 is 2.82 bits per heavy atom. The molecule has 148 valence electrons. The summed E-state index contributed by atoms with van der Waals surface area (Å²) in [6, 6.07) is 4.15. The van der Waals surface area contributed by atoms with Crippen molar-refractivity contribution in [3.8, 4) is 11.7 Å². The molecule has 2 atom stereocenters. The van der Waals surface area contributed by atoms with E-state index in [9.17, 15) is 0 Å². The fourth-order valence-corrected chi connectivity index (χ4v) is 4.54. The summed E-state index contributed by atoms with van der Waals surface area (Å²) in [4.78, 5) is 5.05. The summed E-state index contributed by atoms with van der Waals surface area (Å²) in [5, 5.41) is 12.5. The first-order valence-electron chi connectivity index (χ1n) is 9.90. The highest BCUT2D eigenvalue weighted by atomic mass is 16.5. The van der Waals surface area contributed by atoms with E-state index in [0.29, 0.717) is 36.0 Å². The molecule has 3 aliphatic heterocycles. The van der Waals surface area contributed by atoms with Crippen molar-refractivity contribution in [2.45, 2.75) is 45.8 Å². The second kappa shape index (κ2) is 7.18. The lowest BCUT2D eigenvalue weighted by Gasteiger charge is -2.35. The Hall–Kier alpha value is -2.45. The monoisotopic (exact) mass is 383 g/mol. The molecule has 0 aliphatic carbocycles. The summed E-state index contributed by atoms with van der Waals surface area (Å²) in [7, 11) is 0. The quantitative estimate of drug-likeness (QED) is 0.665. The maximum atomic E-state index is 5.83. The predicted octanol–water partition coefficient (Wildman–Crippen LogP) is 3.03. The third-order valence-corrected chi connectivity index (χ3v) is 6.00. The molecule has 0 N–H and O–H groups in total. The topological polar surface area (TPSA) is 84.6 Å². The molecule has 0 spiro atoms. The molecule has 28 heavy (non-hydrogen) atoms. The van der Waals surface area contributed by atoms with Crippen molar-refractivity contribution < 1.29 is 13.4 Å². The van der Waals surface area contributed by atoms with Crippen LogP contribution in [0.4, 0.5) is 0 Å². The zero-order valence-corrected chi connectivity index (χ0v) is 16.3. The first-order chi connectivity index (χ1) is 13.7. The number of aryl methyl sites for hydroxylation is 2. The summed E-state index contributed by atoms with van der Waals surface area (Å²) >= 11 is 0. The van der Waals surface area contributed by atoms with Crippen LogP contribution in [-0.2, 0) is 13.1 Å². The van der Waals surface area contributed by atoms with E-state index >= 15 is 0 Å². The van der Waals surface area contributed by atoms with Gasteiger partial charge in [-0.1, -0.05) is 5.16 Å². The van der Waals surface area contributed by atoms with Crippen molar-refractivity contribution in [3.63, 3.8) is 0 Å². The molecule has 2 unspecified atom stereocenters. The van der Waals surface area contributed by atoms with Gasteiger partial charge in [0, 0.05) is 37.8 Å². The lowest BCUT2D eigenvalue weighted by molar-refractivity contribution is 0.112. The molecule has 3 saturated heterocycles. The molecule has 3 aromatic rings. The van der Waals surface area contributed by atoms with E-state index in [1.54, 1.807) is 6.26 Å². The lowest BCUT2D eigenvalue weighted by atomic mass is 9.95. The Labute approximate surface area is 163 Å².